The lowest BCUT2D eigenvalue weighted by molar-refractivity contribution is 0.276. The normalized spacial score (nSPS) is 19.0. The zero-order valence-corrected chi connectivity index (χ0v) is 14.4. The predicted molar refractivity (Wildman–Crippen MR) is 92.8 cm³/mol. The van der Waals surface area contributed by atoms with E-state index in [-0.39, 0.29) is 0 Å². The lowest BCUT2D eigenvalue weighted by atomic mass is 9.93. The number of rotatable bonds is 4. The van der Waals surface area contributed by atoms with Gasteiger partial charge in [0, 0.05) is 43.0 Å². The SMILES string of the molecule is Cc1nc(CN2CCc3ncnc(NC4CCC4)c3CC2)cs1. The van der Waals surface area contributed by atoms with Crippen molar-refractivity contribution in [3.05, 3.63) is 33.7 Å². The standard InChI is InChI=1S/C17H23N5S/c1-12-20-14(10-23-12)9-22-7-5-15-16(6-8-22)18-11-19-17(15)21-13-3-2-4-13/h10-11,13H,2-9H2,1H3,(H,18,19,21). The molecule has 5 nitrogen and oxygen atoms in total. The van der Waals surface area contributed by atoms with E-state index < -0.39 is 0 Å². The largest absolute Gasteiger partial charge is 0.367 e. The number of hydrogen-bond donors (Lipinski definition) is 1. The summed E-state index contributed by atoms with van der Waals surface area (Å²) in [6, 6.07) is 0.617. The van der Waals surface area contributed by atoms with Gasteiger partial charge in [0.15, 0.2) is 0 Å². The molecule has 1 fully saturated rings. The summed E-state index contributed by atoms with van der Waals surface area (Å²) in [7, 11) is 0. The van der Waals surface area contributed by atoms with Crippen LogP contribution in [0.1, 0.15) is 41.2 Å². The molecule has 1 saturated carbocycles. The Morgan fingerprint density at radius 2 is 2.13 bits per heavy atom. The van der Waals surface area contributed by atoms with Gasteiger partial charge in [0.25, 0.3) is 0 Å². The Labute approximate surface area is 141 Å². The van der Waals surface area contributed by atoms with Gasteiger partial charge in [-0.1, -0.05) is 0 Å². The number of hydrogen-bond acceptors (Lipinski definition) is 6. The van der Waals surface area contributed by atoms with Crippen molar-refractivity contribution in [1.29, 1.82) is 0 Å². The first-order chi connectivity index (χ1) is 11.3. The molecule has 1 aliphatic carbocycles. The molecule has 1 aliphatic heterocycles. The van der Waals surface area contributed by atoms with E-state index in [1.165, 1.54) is 36.2 Å². The van der Waals surface area contributed by atoms with E-state index in [1.807, 2.05) is 0 Å². The quantitative estimate of drug-likeness (QED) is 0.935. The van der Waals surface area contributed by atoms with Gasteiger partial charge in [-0.15, -0.1) is 11.3 Å². The molecule has 0 radical (unpaired) electrons. The molecule has 2 aromatic heterocycles. The molecule has 0 saturated heterocycles. The van der Waals surface area contributed by atoms with Crippen molar-refractivity contribution in [1.82, 2.24) is 19.9 Å². The molecule has 0 spiro atoms. The minimum atomic E-state index is 0.617. The van der Waals surface area contributed by atoms with Crippen LogP contribution in [0.2, 0.25) is 0 Å². The van der Waals surface area contributed by atoms with Crippen LogP contribution in [0.5, 0.6) is 0 Å². The van der Waals surface area contributed by atoms with Gasteiger partial charge in [-0.2, -0.15) is 0 Å². The zero-order valence-electron chi connectivity index (χ0n) is 13.6. The van der Waals surface area contributed by atoms with Crippen molar-refractivity contribution >= 4 is 17.2 Å². The third kappa shape index (κ3) is 3.38. The van der Waals surface area contributed by atoms with E-state index in [2.05, 4.69) is 37.5 Å². The summed E-state index contributed by atoms with van der Waals surface area (Å²) in [4.78, 5) is 16.1. The second-order valence-electron chi connectivity index (χ2n) is 6.55. The second kappa shape index (κ2) is 6.53. The first kappa shape index (κ1) is 15.0. The van der Waals surface area contributed by atoms with E-state index >= 15 is 0 Å². The summed E-state index contributed by atoms with van der Waals surface area (Å²) in [5, 5.41) is 6.95. The number of nitrogens with zero attached hydrogens (tertiary/aromatic N) is 4. The predicted octanol–water partition coefficient (Wildman–Crippen LogP) is 2.81. The Bertz CT molecular complexity index is 679. The Morgan fingerprint density at radius 1 is 1.26 bits per heavy atom. The molecule has 0 aromatic carbocycles. The number of fused-ring (bicyclic) bond motifs is 1. The minimum Gasteiger partial charge on any atom is -0.367 e. The summed E-state index contributed by atoms with van der Waals surface area (Å²) in [6.45, 7) is 5.11. The maximum atomic E-state index is 4.60. The van der Waals surface area contributed by atoms with Gasteiger partial charge in [0.05, 0.1) is 16.4 Å². The molecule has 0 atom stereocenters. The molecule has 2 aromatic rings. The Hall–Kier alpha value is -1.53. The summed E-state index contributed by atoms with van der Waals surface area (Å²) < 4.78 is 0. The lowest BCUT2D eigenvalue weighted by Crippen LogP contribution is -2.28. The van der Waals surface area contributed by atoms with Crippen molar-refractivity contribution in [2.24, 2.45) is 0 Å². The summed E-state index contributed by atoms with van der Waals surface area (Å²) in [5.41, 5.74) is 3.74. The third-order valence-corrected chi connectivity index (χ3v) is 5.70. The smallest absolute Gasteiger partial charge is 0.133 e. The molecular formula is C17H23N5S. The maximum absolute atomic E-state index is 4.60. The highest BCUT2D eigenvalue weighted by molar-refractivity contribution is 7.09. The van der Waals surface area contributed by atoms with E-state index in [9.17, 15) is 0 Å². The average Bonchev–Trinajstić information content (AvgIpc) is 2.79. The van der Waals surface area contributed by atoms with Crippen molar-refractivity contribution in [2.45, 2.75) is 51.6 Å². The molecular weight excluding hydrogens is 306 g/mol. The number of anilines is 1. The zero-order chi connectivity index (χ0) is 15.6. The van der Waals surface area contributed by atoms with Crippen LogP contribution in [-0.2, 0) is 19.4 Å². The highest BCUT2D eigenvalue weighted by Gasteiger charge is 2.22. The van der Waals surface area contributed by atoms with Crippen molar-refractivity contribution in [3.63, 3.8) is 0 Å². The first-order valence-corrected chi connectivity index (χ1v) is 9.38. The van der Waals surface area contributed by atoms with Crippen LogP contribution in [0.3, 0.4) is 0 Å². The average molecular weight is 329 g/mol. The topological polar surface area (TPSA) is 53.9 Å². The van der Waals surface area contributed by atoms with Gasteiger partial charge in [0.2, 0.25) is 0 Å². The molecule has 1 N–H and O–H groups in total. The molecule has 0 unspecified atom stereocenters. The molecule has 0 bridgehead atoms. The second-order valence-corrected chi connectivity index (χ2v) is 7.62. The van der Waals surface area contributed by atoms with Gasteiger partial charge < -0.3 is 5.32 Å². The fourth-order valence-corrected chi connectivity index (χ4v) is 3.91. The summed E-state index contributed by atoms with van der Waals surface area (Å²) in [6.07, 6.45) is 7.63. The van der Waals surface area contributed by atoms with E-state index in [4.69, 9.17) is 0 Å². The monoisotopic (exact) mass is 329 g/mol. The lowest BCUT2D eigenvalue weighted by Gasteiger charge is -2.28. The van der Waals surface area contributed by atoms with Crippen LogP contribution in [0.4, 0.5) is 5.82 Å². The van der Waals surface area contributed by atoms with Crippen LogP contribution in [-0.4, -0.2) is 39.0 Å². The molecule has 23 heavy (non-hydrogen) atoms. The molecule has 4 rings (SSSR count). The van der Waals surface area contributed by atoms with Crippen LogP contribution in [0, 0.1) is 6.92 Å². The van der Waals surface area contributed by atoms with Crippen molar-refractivity contribution in [2.75, 3.05) is 18.4 Å². The van der Waals surface area contributed by atoms with Crippen LogP contribution in [0.15, 0.2) is 11.7 Å². The highest BCUT2D eigenvalue weighted by Crippen LogP contribution is 2.26. The van der Waals surface area contributed by atoms with Crippen LogP contribution >= 0.6 is 11.3 Å². The third-order valence-electron chi connectivity index (χ3n) is 4.88. The molecule has 0 amide bonds. The molecule has 2 aliphatic rings. The van der Waals surface area contributed by atoms with Crippen LogP contribution in [0.25, 0.3) is 0 Å². The Morgan fingerprint density at radius 3 is 2.87 bits per heavy atom. The number of aryl methyl sites for hydroxylation is 1. The van der Waals surface area contributed by atoms with Crippen molar-refractivity contribution < 1.29 is 0 Å². The number of nitrogens with one attached hydrogen (secondary N) is 1. The van der Waals surface area contributed by atoms with E-state index in [0.717, 1.165) is 43.3 Å². The minimum absolute atomic E-state index is 0.617. The highest BCUT2D eigenvalue weighted by atomic mass is 32.1. The Kier molecular flexibility index (Phi) is 4.27. The van der Waals surface area contributed by atoms with Gasteiger partial charge in [-0.25, -0.2) is 15.0 Å². The fraction of sp³-hybridized carbons (Fsp3) is 0.588. The maximum Gasteiger partial charge on any atom is 0.133 e. The molecule has 3 heterocycles. The van der Waals surface area contributed by atoms with Gasteiger partial charge in [-0.05, 0) is 32.6 Å². The fourth-order valence-electron chi connectivity index (χ4n) is 3.31. The van der Waals surface area contributed by atoms with Gasteiger partial charge in [-0.3, -0.25) is 4.90 Å². The summed E-state index contributed by atoms with van der Waals surface area (Å²) >= 11 is 1.73. The Balaban J connectivity index is 1.46. The molecule has 122 valence electrons. The van der Waals surface area contributed by atoms with Crippen LogP contribution < -0.4 is 5.32 Å². The number of aromatic nitrogens is 3. The van der Waals surface area contributed by atoms with Gasteiger partial charge >= 0.3 is 0 Å². The number of thiazole rings is 1. The van der Waals surface area contributed by atoms with Crippen molar-refractivity contribution in [3.8, 4) is 0 Å². The first-order valence-electron chi connectivity index (χ1n) is 8.50. The van der Waals surface area contributed by atoms with Gasteiger partial charge in [0.1, 0.15) is 12.1 Å². The van der Waals surface area contributed by atoms with E-state index in [1.54, 1.807) is 17.7 Å². The summed E-state index contributed by atoms with van der Waals surface area (Å²) in [5.74, 6) is 1.08. The van der Waals surface area contributed by atoms with E-state index in [0.29, 0.717) is 6.04 Å². The molecule has 6 heteroatoms.